The first kappa shape index (κ1) is 23.7. The van der Waals surface area contributed by atoms with Crippen LogP contribution in [0.2, 0.25) is 0 Å². The summed E-state index contributed by atoms with van der Waals surface area (Å²) in [5.74, 6) is 0. The first-order chi connectivity index (χ1) is 21.3. The van der Waals surface area contributed by atoms with Crippen LogP contribution in [0.3, 0.4) is 0 Å². The molecule has 0 aliphatic carbocycles. The third kappa shape index (κ3) is 3.65. The summed E-state index contributed by atoms with van der Waals surface area (Å²) in [6.45, 7) is 0. The minimum absolute atomic E-state index is 0.759. The highest BCUT2D eigenvalue weighted by Gasteiger charge is 2.23. The average molecular weight is 554 g/mol. The summed E-state index contributed by atoms with van der Waals surface area (Å²) in [6, 6.07) is 41.9. The first-order valence-corrected chi connectivity index (χ1v) is 14.2. The molecule has 4 heterocycles. The number of aromatic nitrogens is 2. The SMILES string of the molecule is c1ccc(-c2ccc(N(c3ccc4c(c3)oc3ccncc34)c3cccc4oc5cccnc5c34)c3ccccc23)cc1. The molecule has 5 nitrogen and oxygen atoms in total. The zero-order valence-electron chi connectivity index (χ0n) is 22.9. The molecule has 9 rings (SSSR count). The molecule has 0 amide bonds. The fraction of sp³-hybridized carbons (Fsp3) is 0. The van der Waals surface area contributed by atoms with Crippen molar-refractivity contribution < 1.29 is 8.83 Å². The number of hydrogen-bond acceptors (Lipinski definition) is 5. The smallest absolute Gasteiger partial charge is 0.153 e. The van der Waals surface area contributed by atoms with Gasteiger partial charge in [-0.05, 0) is 65.0 Å². The standard InChI is InChI=1S/C38H23N3O2/c1-2-8-24(9-3-1)26-17-18-31(28-11-5-4-10-27(26)28)41(25-15-16-29-30-23-39-21-19-33(30)42-36(29)22-25)32-12-6-13-34-37(32)38-35(43-34)14-7-20-40-38/h1-23H. The van der Waals surface area contributed by atoms with Crippen molar-refractivity contribution in [1.29, 1.82) is 0 Å². The third-order valence-corrected chi connectivity index (χ3v) is 8.21. The van der Waals surface area contributed by atoms with E-state index in [-0.39, 0.29) is 0 Å². The van der Waals surface area contributed by atoms with Gasteiger partial charge in [-0.15, -0.1) is 0 Å². The molecule has 0 spiro atoms. The number of fused-ring (bicyclic) bond motifs is 7. The number of hydrogen-bond donors (Lipinski definition) is 0. The number of furan rings is 2. The van der Waals surface area contributed by atoms with Gasteiger partial charge in [-0.25, -0.2) is 0 Å². The highest BCUT2D eigenvalue weighted by molar-refractivity contribution is 6.15. The molecule has 5 aromatic carbocycles. The molecule has 0 bridgehead atoms. The zero-order valence-corrected chi connectivity index (χ0v) is 22.9. The number of rotatable bonds is 4. The molecule has 0 aliphatic rings. The van der Waals surface area contributed by atoms with Crippen molar-refractivity contribution in [2.75, 3.05) is 4.90 Å². The van der Waals surface area contributed by atoms with Crippen molar-refractivity contribution in [3.8, 4) is 11.1 Å². The molecule has 9 aromatic rings. The molecule has 0 fully saturated rings. The maximum absolute atomic E-state index is 6.32. The highest BCUT2D eigenvalue weighted by atomic mass is 16.3. The van der Waals surface area contributed by atoms with E-state index in [2.05, 4.69) is 101 Å². The van der Waals surface area contributed by atoms with Gasteiger partial charge in [0.1, 0.15) is 22.3 Å². The van der Waals surface area contributed by atoms with Crippen LogP contribution in [0.4, 0.5) is 17.1 Å². The van der Waals surface area contributed by atoms with Crippen LogP contribution in [0.5, 0.6) is 0 Å². The normalized spacial score (nSPS) is 11.7. The predicted molar refractivity (Wildman–Crippen MR) is 174 cm³/mol. The van der Waals surface area contributed by atoms with Gasteiger partial charge in [0, 0.05) is 46.5 Å². The predicted octanol–water partition coefficient (Wildman–Crippen LogP) is 10.6. The Hall–Kier alpha value is -5.94. The molecular weight excluding hydrogens is 530 g/mol. The van der Waals surface area contributed by atoms with Crippen molar-refractivity contribution in [1.82, 2.24) is 9.97 Å². The van der Waals surface area contributed by atoms with Crippen LogP contribution in [0, 0.1) is 0 Å². The number of nitrogens with zero attached hydrogens (tertiary/aromatic N) is 3. The van der Waals surface area contributed by atoms with Crippen molar-refractivity contribution in [3.05, 3.63) is 140 Å². The maximum Gasteiger partial charge on any atom is 0.153 e. The van der Waals surface area contributed by atoms with Gasteiger partial charge in [0.25, 0.3) is 0 Å². The number of benzene rings is 5. The van der Waals surface area contributed by atoms with E-state index in [9.17, 15) is 0 Å². The quantitative estimate of drug-likeness (QED) is 0.217. The fourth-order valence-electron chi connectivity index (χ4n) is 6.31. The molecule has 43 heavy (non-hydrogen) atoms. The summed E-state index contributed by atoms with van der Waals surface area (Å²) in [4.78, 5) is 11.4. The summed E-state index contributed by atoms with van der Waals surface area (Å²) in [7, 11) is 0. The van der Waals surface area contributed by atoms with Gasteiger partial charge in [-0.1, -0.05) is 66.7 Å². The van der Waals surface area contributed by atoms with E-state index in [1.165, 1.54) is 16.5 Å². The van der Waals surface area contributed by atoms with E-state index in [1.54, 1.807) is 6.20 Å². The fourth-order valence-corrected chi connectivity index (χ4v) is 6.31. The monoisotopic (exact) mass is 553 g/mol. The molecule has 202 valence electrons. The highest BCUT2D eigenvalue weighted by Crippen LogP contribution is 2.46. The second-order valence-electron chi connectivity index (χ2n) is 10.6. The van der Waals surface area contributed by atoms with Gasteiger partial charge in [0.2, 0.25) is 0 Å². The maximum atomic E-state index is 6.32. The molecule has 4 aromatic heterocycles. The van der Waals surface area contributed by atoms with Gasteiger partial charge in [0.05, 0.1) is 16.8 Å². The zero-order chi connectivity index (χ0) is 28.3. The Morgan fingerprint density at radius 2 is 1.35 bits per heavy atom. The first-order valence-electron chi connectivity index (χ1n) is 14.2. The lowest BCUT2D eigenvalue weighted by Crippen LogP contribution is -2.11. The topological polar surface area (TPSA) is 55.3 Å². The average Bonchev–Trinajstić information content (AvgIpc) is 3.64. The Morgan fingerprint density at radius 1 is 0.512 bits per heavy atom. The van der Waals surface area contributed by atoms with E-state index in [0.717, 1.165) is 66.5 Å². The van der Waals surface area contributed by atoms with Crippen LogP contribution < -0.4 is 4.90 Å². The van der Waals surface area contributed by atoms with Crippen LogP contribution in [0.25, 0.3) is 65.9 Å². The van der Waals surface area contributed by atoms with Gasteiger partial charge >= 0.3 is 0 Å². The summed E-state index contributed by atoms with van der Waals surface area (Å²) < 4.78 is 12.6. The van der Waals surface area contributed by atoms with Gasteiger partial charge in [0.15, 0.2) is 5.58 Å². The van der Waals surface area contributed by atoms with Crippen molar-refractivity contribution in [2.24, 2.45) is 0 Å². The molecular formula is C38H23N3O2. The Labute approximate surface area is 246 Å². The van der Waals surface area contributed by atoms with Gasteiger partial charge in [-0.2, -0.15) is 0 Å². The van der Waals surface area contributed by atoms with E-state index in [4.69, 9.17) is 13.8 Å². The van der Waals surface area contributed by atoms with Crippen LogP contribution >= 0.6 is 0 Å². The Balaban J connectivity index is 1.37. The minimum atomic E-state index is 0.759. The molecule has 0 N–H and O–H groups in total. The largest absolute Gasteiger partial charge is 0.456 e. The van der Waals surface area contributed by atoms with E-state index >= 15 is 0 Å². The van der Waals surface area contributed by atoms with Gasteiger partial charge in [-0.3, -0.25) is 9.97 Å². The van der Waals surface area contributed by atoms with E-state index < -0.39 is 0 Å². The Morgan fingerprint density at radius 3 is 2.28 bits per heavy atom. The van der Waals surface area contributed by atoms with Crippen LogP contribution in [0.15, 0.2) is 149 Å². The van der Waals surface area contributed by atoms with Crippen LogP contribution in [-0.4, -0.2) is 9.97 Å². The van der Waals surface area contributed by atoms with Crippen LogP contribution in [-0.2, 0) is 0 Å². The van der Waals surface area contributed by atoms with Gasteiger partial charge < -0.3 is 13.7 Å². The minimum Gasteiger partial charge on any atom is -0.456 e. The molecule has 0 atom stereocenters. The van der Waals surface area contributed by atoms with E-state index in [1.807, 2.05) is 42.7 Å². The second kappa shape index (κ2) is 9.29. The lowest BCUT2D eigenvalue weighted by atomic mass is 9.96. The number of anilines is 3. The summed E-state index contributed by atoms with van der Waals surface area (Å²) in [5.41, 5.74) is 9.36. The molecule has 0 aliphatic heterocycles. The Kier molecular flexibility index (Phi) is 5.13. The Bertz CT molecular complexity index is 2480. The molecule has 0 radical (unpaired) electrons. The van der Waals surface area contributed by atoms with Crippen molar-refractivity contribution in [2.45, 2.75) is 0 Å². The van der Waals surface area contributed by atoms with Crippen molar-refractivity contribution in [3.63, 3.8) is 0 Å². The molecule has 5 heteroatoms. The summed E-state index contributed by atoms with van der Waals surface area (Å²) in [6.07, 6.45) is 5.44. The molecule has 0 unspecified atom stereocenters. The summed E-state index contributed by atoms with van der Waals surface area (Å²) in [5, 5.41) is 5.30. The summed E-state index contributed by atoms with van der Waals surface area (Å²) >= 11 is 0. The lowest BCUT2D eigenvalue weighted by Gasteiger charge is -2.28. The second-order valence-corrected chi connectivity index (χ2v) is 10.6. The van der Waals surface area contributed by atoms with Crippen molar-refractivity contribution >= 4 is 71.8 Å². The lowest BCUT2D eigenvalue weighted by molar-refractivity contribution is 0.668. The molecule has 0 saturated carbocycles. The third-order valence-electron chi connectivity index (χ3n) is 8.21. The number of pyridine rings is 2. The van der Waals surface area contributed by atoms with Crippen LogP contribution in [0.1, 0.15) is 0 Å². The van der Waals surface area contributed by atoms with E-state index in [0.29, 0.717) is 0 Å². The molecule has 0 saturated heterocycles.